The molecule has 1 aliphatic rings. The Balaban J connectivity index is 1.81. The first-order valence-electron chi connectivity index (χ1n) is 7.04. The molecule has 0 saturated heterocycles. The number of fused-ring (bicyclic) bond motifs is 1. The number of hydrogen-bond acceptors (Lipinski definition) is 1. The molecule has 1 nitrogen and oxygen atoms in total. The van der Waals surface area contributed by atoms with Gasteiger partial charge in [0.25, 0.3) is 0 Å². The van der Waals surface area contributed by atoms with E-state index in [4.69, 9.17) is 23.2 Å². The van der Waals surface area contributed by atoms with E-state index in [2.05, 4.69) is 46.4 Å². The van der Waals surface area contributed by atoms with Gasteiger partial charge in [0.05, 0.1) is 0 Å². The van der Waals surface area contributed by atoms with Gasteiger partial charge in [0, 0.05) is 26.6 Å². The van der Waals surface area contributed by atoms with Gasteiger partial charge in [0.2, 0.25) is 0 Å². The highest BCUT2D eigenvalue weighted by molar-refractivity contribution is 9.10. The minimum Gasteiger partial charge on any atom is -0.303 e. The summed E-state index contributed by atoms with van der Waals surface area (Å²) in [6.07, 6.45) is 2.23. The fraction of sp³-hybridized carbons (Fsp3) is 0.294. The molecule has 2 aromatic rings. The summed E-state index contributed by atoms with van der Waals surface area (Å²) < 4.78 is 1.21. The van der Waals surface area contributed by atoms with Crippen LogP contribution in [0, 0.1) is 0 Å². The average Bonchev–Trinajstić information content (AvgIpc) is 2.83. The Kier molecular flexibility index (Phi) is 4.60. The van der Waals surface area contributed by atoms with E-state index in [1.807, 2.05) is 12.1 Å². The van der Waals surface area contributed by atoms with E-state index >= 15 is 0 Å². The normalized spacial score (nSPS) is 18.6. The van der Waals surface area contributed by atoms with Crippen LogP contribution in [0.3, 0.4) is 0 Å². The number of halogens is 3. The van der Waals surface area contributed by atoms with Crippen LogP contribution in [0.1, 0.15) is 42.1 Å². The summed E-state index contributed by atoms with van der Waals surface area (Å²) in [6.45, 7) is 2.14. The number of nitrogens with one attached hydrogen (secondary N) is 1. The van der Waals surface area contributed by atoms with Gasteiger partial charge < -0.3 is 5.32 Å². The fourth-order valence-corrected chi connectivity index (χ4v) is 4.18. The molecule has 2 unspecified atom stereocenters. The molecule has 0 heterocycles. The van der Waals surface area contributed by atoms with Gasteiger partial charge in [-0.2, -0.15) is 0 Å². The fourth-order valence-electron chi connectivity index (χ4n) is 3.03. The van der Waals surface area contributed by atoms with Crippen molar-refractivity contribution >= 4 is 39.1 Å². The molecule has 3 rings (SSSR count). The summed E-state index contributed by atoms with van der Waals surface area (Å²) in [5.41, 5.74) is 3.90. The van der Waals surface area contributed by atoms with Crippen molar-refractivity contribution in [2.24, 2.45) is 0 Å². The van der Waals surface area contributed by atoms with Gasteiger partial charge in [-0.3, -0.25) is 0 Å². The molecule has 0 bridgehead atoms. The lowest BCUT2D eigenvalue weighted by molar-refractivity contribution is 0.465. The summed E-state index contributed by atoms with van der Waals surface area (Å²) in [4.78, 5) is 0. The highest BCUT2D eigenvalue weighted by atomic mass is 79.9. The van der Waals surface area contributed by atoms with Gasteiger partial charge in [0.15, 0.2) is 0 Å². The Hall–Kier alpha value is -0.540. The molecule has 0 aromatic heterocycles. The standard InChI is InChI=1S/C17H16BrCl2N/c1-10(12-6-5-11(19)9-16(12)20)21-17-8-7-13-14(17)3-2-4-15(13)18/h2-6,9-10,17,21H,7-8H2,1H3. The molecule has 1 N–H and O–H groups in total. The SMILES string of the molecule is CC(NC1CCc2c(Br)cccc21)c1ccc(Cl)cc1Cl. The Labute approximate surface area is 143 Å². The number of hydrogen-bond donors (Lipinski definition) is 1. The third kappa shape index (κ3) is 3.14. The second-order valence-electron chi connectivity index (χ2n) is 5.45. The molecule has 0 aliphatic heterocycles. The van der Waals surface area contributed by atoms with E-state index in [9.17, 15) is 0 Å². The predicted molar refractivity (Wildman–Crippen MR) is 93.2 cm³/mol. The zero-order valence-electron chi connectivity index (χ0n) is 11.7. The molecule has 0 radical (unpaired) electrons. The topological polar surface area (TPSA) is 12.0 Å². The molecule has 110 valence electrons. The van der Waals surface area contributed by atoms with Crippen molar-refractivity contribution in [3.8, 4) is 0 Å². The van der Waals surface area contributed by atoms with Gasteiger partial charge in [-0.25, -0.2) is 0 Å². The first kappa shape index (κ1) is 15.4. The van der Waals surface area contributed by atoms with Crippen molar-refractivity contribution < 1.29 is 0 Å². The molecule has 0 amide bonds. The van der Waals surface area contributed by atoms with Gasteiger partial charge in [-0.15, -0.1) is 0 Å². The van der Waals surface area contributed by atoms with E-state index in [1.54, 1.807) is 6.07 Å². The highest BCUT2D eigenvalue weighted by Crippen LogP contribution is 2.37. The maximum atomic E-state index is 6.30. The molecule has 0 spiro atoms. The zero-order valence-corrected chi connectivity index (χ0v) is 14.8. The van der Waals surface area contributed by atoms with E-state index in [0.717, 1.165) is 23.4 Å². The third-order valence-electron chi connectivity index (χ3n) is 4.09. The van der Waals surface area contributed by atoms with Crippen LogP contribution >= 0.6 is 39.1 Å². The van der Waals surface area contributed by atoms with E-state index in [1.165, 1.54) is 15.6 Å². The largest absolute Gasteiger partial charge is 0.303 e. The van der Waals surface area contributed by atoms with Crippen LogP contribution in [0.4, 0.5) is 0 Å². The summed E-state index contributed by atoms with van der Waals surface area (Å²) >= 11 is 15.9. The Morgan fingerprint density at radius 3 is 2.81 bits per heavy atom. The van der Waals surface area contributed by atoms with Gasteiger partial charge in [-0.05, 0) is 54.7 Å². The van der Waals surface area contributed by atoms with Crippen molar-refractivity contribution in [2.45, 2.75) is 31.8 Å². The zero-order chi connectivity index (χ0) is 15.0. The highest BCUT2D eigenvalue weighted by Gasteiger charge is 2.25. The van der Waals surface area contributed by atoms with E-state index in [0.29, 0.717) is 11.1 Å². The maximum Gasteiger partial charge on any atom is 0.0468 e. The van der Waals surface area contributed by atoms with Crippen LogP contribution in [-0.4, -0.2) is 0 Å². The summed E-state index contributed by atoms with van der Waals surface area (Å²) in [6, 6.07) is 12.7. The molecule has 21 heavy (non-hydrogen) atoms. The van der Waals surface area contributed by atoms with Crippen LogP contribution in [0.2, 0.25) is 10.0 Å². The Morgan fingerprint density at radius 1 is 1.24 bits per heavy atom. The quantitative estimate of drug-likeness (QED) is 0.674. The summed E-state index contributed by atoms with van der Waals surface area (Å²) in [5.74, 6) is 0. The van der Waals surface area contributed by atoms with Crippen molar-refractivity contribution in [1.82, 2.24) is 5.32 Å². The Morgan fingerprint density at radius 2 is 2.05 bits per heavy atom. The minimum atomic E-state index is 0.185. The molecule has 0 fully saturated rings. The molecular weight excluding hydrogens is 369 g/mol. The lowest BCUT2D eigenvalue weighted by Gasteiger charge is -2.22. The number of rotatable bonds is 3. The van der Waals surface area contributed by atoms with Crippen LogP contribution in [0.25, 0.3) is 0 Å². The van der Waals surface area contributed by atoms with Crippen LogP contribution in [-0.2, 0) is 6.42 Å². The smallest absolute Gasteiger partial charge is 0.0468 e. The van der Waals surface area contributed by atoms with Gasteiger partial charge in [-0.1, -0.05) is 57.3 Å². The van der Waals surface area contributed by atoms with Gasteiger partial charge in [0.1, 0.15) is 0 Å². The lowest BCUT2D eigenvalue weighted by Crippen LogP contribution is -2.23. The van der Waals surface area contributed by atoms with Crippen molar-refractivity contribution in [1.29, 1.82) is 0 Å². The van der Waals surface area contributed by atoms with Crippen molar-refractivity contribution in [3.05, 3.63) is 67.6 Å². The van der Waals surface area contributed by atoms with Crippen molar-refractivity contribution in [2.75, 3.05) is 0 Å². The number of benzene rings is 2. The second kappa shape index (κ2) is 6.29. The lowest BCUT2D eigenvalue weighted by atomic mass is 10.0. The summed E-state index contributed by atoms with van der Waals surface area (Å²) in [5, 5.41) is 5.08. The molecule has 1 aliphatic carbocycles. The second-order valence-corrected chi connectivity index (χ2v) is 7.15. The molecule has 0 saturated carbocycles. The molecular formula is C17H16BrCl2N. The molecule has 2 aromatic carbocycles. The van der Waals surface area contributed by atoms with Crippen LogP contribution in [0.15, 0.2) is 40.9 Å². The predicted octanol–water partition coefficient (Wildman–Crippen LogP) is 6.09. The monoisotopic (exact) mass is 383 g/mol. The van der Waals surface area contributed by atoms with E-state index in [-0.39, 0.29) is 6.04 Å². The van der Waals surface area contributed by atoms with Crippen molar-refractivity contribution in [3.63, 3.8) is 0 Å². The average molecular weight is 385 g/mol. The summed E-state index contributed by atoms with van der Waals surface area (Å²) in [7, 11) is 0. The first-order valence-corrected chi connectivity index (χ1v) is 8.59. The van der Waals surface area contributed by atoms with E-state index < -0.39 is 0 Å². The van der Waals surface area contributed by atoms with Crippen LogP contribution < -0.4 is 5.32 Å². The first-order chi connectivity index (χ1) is 10.1. The van der Waals surface area contributed by atoms with Gasteiger partial charge >= 0.3 is 0 Å². The molecule has 4 heteroatoms. The van der Waals surface area contributed by atoms with Crippen LogP contribution in [0.5, 0.6) is 0 Å². The molecule has 2 atom stereocenters. The minimum absolute atomic E-state index is 0.185. The maximum absolute atomic E-state index is 6.30. The Bertz CT molecular complexity index is 672. The third-order valence-corrected chi connectivity index (χ3v) is 5.40.